The molecule has 0 radical (unpaired) electrons. The minimum atomic E-state index is -0.282. The van der Waals surface area contributed by atoms with Crippen LogP contribution in [0.15, 0.2) is 53.3 Å². The number of benzene rings is 1. The zero-order valence-electron chi connectivity index (χ0n) is 11.0. The maximum absolute atomic E-state index is 11.8. The number of rotatable bonds is 4. The molecule has 0 fully saturated rings. The van der Waals surface area contributed by atoms with Crippen molar-refractivity contribution in [3.05, 3.63) is 65.3 Å². The molecule has 0 saturated carbocycles. The summed E-state index contributed by atoms with van der Waals surface area (Å²) in [7, 11) is 0. The van der Waals surface area contributed by atoms with Crippen molar-refractivity contribution in [3.63, 3.8) is 0 Å². The molecule has 0 amide bonds. The van der Waals surface area contributed by atoms with Crippen molar-refractivity contribution in [1.82, 2.24) is 0 Å². The Bertz CT molecular complexity index is 565. The molecular formula is C16H15O3+. The van der Waals surface area contributed by atoms with E-state index in [4.69, 9.17) is 4.74 Å². The highest BCUT2D eigenvalue weighted by Crippen LogP contribution is 2.23. The zero-order valence-corrected chi connectivity index (χ0v) is 11.0. The third-order valence-corrected chi connectivity index (χ3v) is 2.80. The zero-order chi connectivity index (χ0) is 13.8. The second-order valence-electron chi connectivity index (χ2n) is 4.47. The van der Waals surface area contributed by atoms with Crippen molar-refractivity contribution in [2.75, 3.05) is 0 Å². The number of hydrogen-bond acceptors (Lipinski definition) is 3. The average molecular weight is 255 g/mol. The van der Waals surface area contributed by atoms with Gasteiger partial charge in [-0.2, -0.15) is 0 Å². The maximum Gasteiger partial charge on any atom is 0.300 e. The highest BCUT2D eigenvalue weighted by Gasteiger charge is 2.33. The van der Waals surface area contributed by atoms with Crippen LogP contribution in [0.25, 0.3) is 0 Å². The number of allylic oxidation sites excluding steroid dienone is 3. The smallest absolute Gasteiger partial charge is 0.300 e. The van der Waals surface area contributed by atoms with Crippen molar-refractivity contribution in [2.45, 2.75) is 20.5 Å². The van der Waals surface area contributed by atoms with Gasteiger partial charge in [0.25, 0.3) is 5.78 Å². The molecule has 0 aromatic heterocycles. The average Bonchev–Trinajstić information content (AvgIpc) is 2.36. The highest BCUT2D eigenvalue weighted by atomic mass is 16.5. The number of ether oxygens (including phenoxy) is 1. The van der Waals surface area contributed by atoms with E-state index in [1.165, 1.54) is 13.3 Å². The summed E-state index contributed by atoms with van der Waals surface area (Å²) in [5.41, 5.74) is 1.91. The predicted octanol–water partition coefficient (Wildman–Crippen LogP) is 2.78. The van der Waals surface area contributed by atoms with Crippen LogP contribution in [-0.2, 0) is 20.9 Å². The quantitative estimate of drug-likeness (QED) is 0.613. The monoisotopic (exact) mass is 255 g/mol. The van der Waals surface area contributed by atoms with Crippen LogP contribution in [0.5, 0.6) is 0 Å². The van der Waals surface area contributed by atoms with Gasteiger partial charge in [-0.15, -0.1) is 0 Å². The van der Waals surface area contributed by atoms with Crippen LogP contribution in [0, 0.1) is 6.42 Å². The van der Waals surface area contributed by atoms with Gasteiger partial charge in [0, 0.05) is 6.92 Å². The topological polar surface area (TPSA) is 43.4 Å². The van der Waals surface area contributed by atoms with Gasteiger partial charge in [0.15, 0.2) is 0 Å². The molecule has 0 heterocycles. The first-order chi connectivity index (χ1) is 9.08. The lowest BCUT2D eigenvalue weighted by molar-refractivity contribution is -0.119. The van der Waals surface area contributed by atoms with Gasteiger partial charge in [-0.25, -0.2) is 0 Å². The van der Waals surface area contributed by atoms with Crippen LogP contribution in [0.2, 0.25) is 0 Å². The summed E-state index contributed by atoms with van der Waals surface area (Å²) in [6, 6.07) is 9.62. The molecule has 1 aliphatic carbocycles. The number of hydrogen-bond donors (Lipinski definition) is 0. The summed E-state index contributed by atoms with van der Waals surface area (Å²) in [5.74, 6) is -0.190. The van der Waals surface area contributed by atoms with E-state index in [0.717, 1.165) is 11.1 Å². The van der Waals surface area contributed by atoms with E-state index in [0.29, 0.717) is 12.4 Å². The summed E-state index contributed by atoms with van der Waals surface area (Å²) in [4.78, 5) is 23.3. The largest absolute Gasteiger partial charge is 0.466 e. The molecule has 0 aliphatic heterocycles. The SMILES string of the molecule is CC(=O)C1=C(OCc2ccccc2)C=C(C)[CH+]C1=O. The van der Waals surface area contributed by atoms with Crippen molar-refractivity contribution < 1.29 is 14.3 Å². The van der Waals surface area contributed by atoms with E-state index in [2.05, 4.69) is 0 Å². The molecule has 19 heavy (non-hydrogen) atoms. The van der Waals surface area contributed by atoms with Gasteiger partial charge in [0.1, 0.15) is 6.61 Å². The Kier molecular flexibility index (Phi) is 3.85. The van der Waals surface area contributed by atoms with Gasteiger partial charge < -0.3 is 4.74 Å². The Hall–Kier alpha value is -2.29. The minimum Gasteiger partial charge on any atom is -0.466 e. The van der Waals surface area contributed by atoms with Gasteiger partial charge in [0.2, 0.25) is 17.1 Å². The van der Waals surface area contributed by atoms with Gasteiger partial charge >= 0.3 is 0 Å². The van der Waals surface area contributed by atoms with Crippen LogP contribution in [0.4, 0.5) is 0 Å². The van der Waals surface area contributed by atoms with Crippen LogP contribution >= 0.6 is 0 Å². The van der Waals surface area contributed by atoms with Crippen molar-refractivity contribution in [2.24, 2.45) is 0 Å². The summed E-state index contributed by atoms with van der Waals surface area (Å²) >= 11 is 0. The lowest BCUT2D eigenvalue weighted by Crippen LogP contribution is -2.18. The number of Topliss-reactive ketones (excluding diaryl/α,β-unsaturated/α-hetero) is 2. The number of carbonyl (C=O) groups is 2. The molecule has 0 unspecified atom stereocenters. The van der Waals surface area contributed by atoms with Gasteiger partial charge in [0.05, 0.1) is 18.1 Å². The molecule has 1 aliphatic rings. The second kappa shape index (κ2) is 5.57. The Balaban J connectivity index is 2.22. The van der Waals surface area contributed by atoms with Crippen LogP contribution < -0.4 is 0 Å². The molecule has 96 valence electrons. The molecule has 0 spiro atoms. The van der Waals surface area contributed by atoms with Crippen LogP contribution in [-0.4, -0.2) is 11.6 Å². The van der Waals surface area contributed by atoms with Crippen LogP contribution in [0.3, 0.4) is 0 Å². The molecule has 3 nitrogen and oxygen atoms in total. The molecule has 1 aromatic carbocycles. The standard InChI is InChI=1S/C16H15O3/c1-11-8-14(18)16(12(2)17)15(9-11)19-10-13-6-4-3-5-7-13/h3-9H,10H2,1-2H3/q+1. The van der Waals surface area contributed by atoms with Crippen molar-refractivity contribution >= 4 is 11.6 Å². The molecule has 3 heteroatoms. The summed E-state index contributed by atoms with van der Waals surface area (Å²) in [6.07, 6.45) is 3.17. The predicted molar refractivity (Wildman–Crippen MR) is 72.0 cm³/mol. The molecule has 0 atom stereocenters. The lowest BCUT2D eigenvalue weighted by atomic mass is 9.94. The summed E-state index contributed by atoms with van der Waals surface area (Å²) in [5, 5.41) is 0. The molecule has 0 N–H and O–H groups in total. The number of carbonyl (C=O) groups excluding carboxylic acids is 2. The highest BCUT2D eigenvalue weighted by molar-refractivity contribution is 6.24. The van der Waals surface area contributed by atoms with Crippen molar-refractivity contribution in [3.8, 4) is 0 Å². The van der Waals surface area contributed by atoms with Gasteiger partial charge in [-0.05, 0) is 12.5 Å². The first kappa shape index (κ1) is 13.1. The van der Waals surface area contributed by atoms with E-state index >= 15 is 0 Å². The maximum atomic E-state index is 11.8. The Morgan fingerprint density at radius 2 is 1.95 bits per heavy atom. The van der Waals surface area contributed by atoms with E-state index in [9.17, 15) is 9.59 Å². The third kappa shape index (κ3) is 3.13. The molecule has 0 bridgehead atoms. The van der Waals surface area contributed by atoms with Gasteiger partial charge in [-0.1, -0.05) is 30.3 Å². The second-order valence-corrected chi connectivity index (χ2v) is 4.47. The molecule has 0 saturated heterocycles. The van der Waals surface area contributed by atoms with E-state index < -0.39 is 0 Å². The summed E-state index contributed by atoms with van der Waals surface area (Å²) < 4.78 is 5.63. The Labute approximate surface area is 112 Å². The first-order valence-electron chi connectivity index (χ1n) is 6.07. The van der Waals surface area contributed by atoms with Gasteiger partial charge in [-0.3, -0.25) is 9.59 Å². The molecule has 1 aromatic rings. The lowest BCUT2D eigenvalue weighted by Gasteiger charge is -2.09. The van der Waals surface area contributed by atoms with E-state index in [1.807, 2.05) is 30.3 Å². The minimum absolute atomic E-state index is 0.126. The fourth-order valence-corrected chi connectivity index (χ4v) is 1.92. The summed E-state index contributed by atoms with van der Waals surface area (Å²) in [6.45, 7) is 3.52. The van der Waals surface area contributed by atoms with Crippen molar-refractivity contribution in [1.29, 1.82) is 0 Å². The fraction of sp³-hybridized carbons (Fsp3) is 0.188. The van der Waals surface area contributed by atoms with E-state index in [-0.39, 0.29) is 17.1 Å². The fourth-order valence-electron chi connectivity index (χ4n) is 1.92. The third-order valence-electron chi connectivity index (χ3n) is 2.80. The number of ketones is 2. The molecule has 2 rings (SSSR count). The molecular weight excluding hydrogens is 240 g/mol. The first-order valence-corrected chi connectivity index (χ1v) is 6.07. The van der Waals surface area contributed by atoms with E-state index in [1.54, 1.807) is 13.0 Å². The normalized spacial score (nSPS) is 14.8. The Morgan fingerprint density at radius 3 is 2.58 bits per heavy atom. The Morgan fingerprint density at radius 1 is 1.26 bits per heavy atom. The van der Waals surface area contributed by atoms with Crippen LogP contribution in [0.1, 0.15) is 19.4 Å².